The normalized spacial score (nSPS) is 13.9. The molecule has 0 aliphatic heterocycles. The molecule has 1 saturated carbocycles. The highest BCUT2D eigenvalue weighted by molar-refractivity contribution is 5.77. The first kappa shape index (κ1) is 22.8. The van der Waals surface area contributed by atoms with Gasteiger partial charge in [0.25, 0.3) is 11.8 Å². The zero-order valence-electron chi connectivity index (χ0n) is 19.7. The maximum absolute atomic E-state index is 12.1. The number of ether oxygens (including phenoxy) is 1. The standard InChI is InChI=1S/C29H29N3O3/c33-27(30-19-21-8-3-1-4-9-21)20-34-26-16-14-23(15-17-26)29-31-28(32-35-29)25-13-7-12-24(18-25)22-10-5-2-6-11-22/h2,5-7,10-18,21H,1,3-4,8-9,19-20H2,(H,30,33). The van der Waals surface area contributed by atoms with Crippen LogP contribution in [-0.2, 0) is 4.79 Å². The monoisotopic (exact) mass is 467 g/mol. The summed E-state index contributed by atoms with van der Waals surface area (Å²) < 4.78 is 11.2. The number of carbonyl (C=O) groups excluding carboxylic acids is 1. The molecule has 0 spiro atoms. The van der Waals surface area contributed by atoms with Crippen molar-refractivity contribution < 1.29 is 14.1 Å². The highest BCUT2D eigenvalue weighted by Gasteiger charge is 2.15. The Morgan fingerprint density at radius 3 is 2.40 bits per heavy atom. The van der Waals surface area contributed by atoms with Crippen LogP contribution in [0, 0.1) is 5.92 Å². The molecule has 3 aromatic carbocycles. The summed E-state index contributed by atoms with van der Waals surface area (Å²) in [7, 11) is 0. The number of rotatable bonds is 8. The number of amides is 1. The van der Waals surface area contributed by atoms with Crippen LogP contribution in [0.15, 0.2) is 83.4 Å². The molecule has 178 valence electrons. The Balaban J connectivity index is 1.18. The minimum atomic E-state index is -0.0843. The summed E-state index contributed by atoms with van der Waals surface area (Å²) in [5.41, 5.74) is 3.91. The third-order valence-electron chi connectivity index (χ3n) is 6.44. The first-order chi connectivity index (χ1) is 17.2. The molecule has 1 aliphatic carbocycles. The molecular formula is C29H29N3O3. The van der Waals surface area contributed by atoms with Crippen LogP contribution in [0.3, 0.4) is 0 Å². The molecule has 5 rings (SSSR count). The van der Waals surface area contributed by atoms with Crippen LogP contribution in [0.4, 0.5) is 0 Å². The van der Waals surface area contributed by atoms with E-state index in [9.17, 15) is 4.79 Å². The van der Waals surface area contributed by atoms with Crippen molar-refractivity contribution in [1.29, 1.82) is 0 Å². The Hall–Kier alpha value is -3.93. The van der Waals surface area contributed by atoms with Crippen LogP contribution in [0.5, 0.6) is 5.75 Å². The van der Waals surface area contributed by atoms with Gasteiger partial charge >= 0.3 is 0 Å². The van der Waals surface area contributed by atoms with E-state index in [1.807, 2.05) is 54.6 Å². The summed E-state index contributed by atoms with van der Waals surface area (Å²) in [4.78, 5) is 16.7. The van der Waals surface area contributed by atoms with Gasteiger partial charge in [0.15, 0.2) is 6.61 Å². The van der Waals surface area contributed by atoms with Gasteiger partial charge in [0.05, 0.1) is 0 Å². The van der Waals surface area contributed by atoms with Crippen molar-refractivity contribution in [2.24, 2.45) is 5.92 Å². The van der Waals surface area contributed by atoms with Crippen molar-refractivity contribution in [2.45, 2.75) is 32.1 Å². The van der Waals surface area contributed by atoms with E-state index >= 15 is 0 Å². The highest BCUT2D eigenvalue weighted by Crippen LogP contribution is 2.27. The second-order valence-electron chi connectivity index (χ2n) is 8.99. The molecular weight excluding hydrogens is 438 g/mol. The molecule has 0 unspecified atom stereocenters. The number of hydrogen-bond acceptors (Lipinski definition) is 5. The number of nitrogens with one attached hydrogen (secondary N) is 1. The van der Waals surface area contributed by atoms with E-state index in [-0.39, 0.29) is 12.5 Å². The zero-order chi connectivity index (χ0) is 23.9. The van der Waals surface area contributed by atoms with Crippen LogP contribution in [0.1, 0.15) is 32.1 Å². The van der Waals surface area contributed by atoms with Gasteiger partial charge in [0.1, 0.15) is 5.75 Å². The molecule has 1 aromatic heterocycles. The predicted molar refractivity (Wildman–Crippen MR) is 136 cm³/mol. The third kappa shape index (κ3) is 5.96. The molecule has 4 aromatic rings. The van der Waals surface area contributed by atoms with Crippen molar-refractivity contribution in [3.05, 3.63) is 78.9 Å². The summed E-state index contributed by atoms with van der Waals surface area (Å²) in [5.74, 6) is 2.11. The highest BCUT2D eigenvalue weighted by atomic mass is 16.5. The van der Waals surface area contributed by atoms with Crippen molar-refractivity contribution in [2.75, 3.05) is 13.2 Å². The van der Waals surface area contributed by atoms with Gasteiger partial charge in [0, 0.05) is 17.7 Å². The number of carbonyl (C=O) groups is 1. The molecule has 35 heavy (non-hydrogen) atoms. The maximum atomic E-state index is 12.1. The van der Waals surface area contributed by atoms with E-state index < -0.39 is 0 Å². The number of aromatic nitrogens is 2. The average molecular weight is 468 g/mol. The maximum Gasteiger partial charge on any atom is 0.258 e. The number of nitrogens with zero attached hydrogens (tertiary/aromatic N) is 2. The Morgan fingerprint density at radius 1 is 0.857 bits per heavy atom. The lowest BCUT2D eigenvalue weighted by Gasteiger charge is -2.21. The van der Waals surface area contributed by atoms with Crippen LogP contribution in [0.2, 0.25) is 0 Å². The fourth-order valence-electron chi connectivity index (χ4n) is 4.47. The average Bonchev–Trinajstić information content (AvgIpc) is 3.43. The topological polar surface area (TPSA) is 77.2 Å². The van der Waals surface area contributed by atoms with Gasteiger partial charge < -0.3 is 14.6 Å². The Kier molecular flexibility index (Phi) is 7.18. The lowest BCUT2D eigenvalue weighted by Crippen LogP contribution is -2.33. The van der Waals surface area contributed by atoms with Crippen molar-refractivity contribution in [3.63, 3.8) is 0 Å². The molecule has 0 saturated heterocycles. The van der Waals surface area contributed by atoms with Gasteiger partial charge in [0.2, 0.25) is 5.82 Å². The second kappa shape index (κ2) is 11.0. The van der Waals surface area contributed by atoms with Crippen molar-refractivity contribution in [3.8, 4) is 39.7 Å². The summed E-state index contributed by atoms with van der Waals surface area (Å²) in [6.45, 7) is 0.753. The Morgan fingerprint density at radius 2 is 1.60 bits per heavy atom. The summed E-state index contributed by atoms with van der Waals surface area (Å²) >= 11 is 0. The van der Waals surface area contributed by atoms with E-state index in [0.717, 1.165) is 28.8 Å². The largest absolute Gasteiger partial charge is 0.484 e. The number of benzene rings is 3. The number of hydrogen-bond donors (Lipinski definition) is 1. The van der Waals surface area contributed by atoms with Crippen LogP contribution in [0.25, 0.3) is 34.0 Å². The van der Waals surface area contributed by atoms with Crippen LogP contribution in [-0.4, -0.2) is 29.2 Å². The molecule has 1 aliphatic rings. The molecule has 1 N–H and O–H groups in total. The Labute approximate surface area is 205 Å². The zero-order valence-corrected chi connectivity index (χ0v) is 19.7. The minimum absolute atomic E-state index is 0.00846. The summed E-state index contributed by atoms with van der Waals surface area (Å²) in [6, 6.07) is 25.6. The van der Waals surface area contributed by atoms with Crippen LogP contribution < -0.4 is 10.1 Å². The molecule has 6 heteroatoms. The van der Waals surface area contributed by atoms with Gasteiger partial charge in [-0.15, -0.1) is 0 Å². The van der Waals surface area contributed by atoms with Gasteiger partial charge in [-0.05, 0) is 60.2 Å². The lowest BCUT2D eigenvalue weighted by molar-refractivity contribution is -0.123. The first-order valence-corrected chi connectivity index (χ1v) is 12.2. The predicted octanol–water partition coefficient (Wildman–Crippen LogP) is 6.15. The van der Waals surface area contributed by atoms with E-state index in [1.54, 1.807) is 0 Å². The van der Waals surface area contributed by atoms with Gasteiger partial charge in [-0.1, -0.05) is 73.0 Å². The third-order valence-corrected chi connectivity index (χ3v) is 6.44. The van der Waals surface area contributed by atoms with Crippen molar-refractivity contribution in [1.82, 2.24) is 15.5 Å². The molecule has 1 heterocycles. The summed E-state index contributed by atoms with van der Waals surface area (Å²) in [5, 5.41) is 7.16. The fourth-order valence-corrected chi connectivity index (χ4v) is 4.47. The van der Waals surface area contributed by atoms with E-state index in [1.165, 1.54) is 32.1 Å². The van der Waals surface area contributed by atoms with Gasteiger partial charge in [-0.2, -0.15) is 4.98 Å². The lowest BCUT2D eigenvalue weighted by atomic mass is 9.89. The molecule has 6 nitrogen and oxygen atoms in total. The molecule has 0 bridgehead atoms. The van der Waals surface area contributed by atoms with E-state index in [4.69, 9.17) is 9.26 Å². The quantitative estimate of drug-likeness (QED) is 0.336. The van der Waals surface area contributed by atoms with E-state index in [2.05, 4.69) is 39.7 Å². The second-order valence-corrected chi connectivity index (χ2v) is 8.99. The van der Waals surface area contributed by atoms with Crippen LogP contribution >= 0.6 is 0 Å². The summed E-state index contributed by atoms with van der Waals surface area (Å²) in [6.07, 6.45) is 6.27. The molecule has 1 amide bonds. The molecule has 0 atom stereocenters. The van der Waals surface area contributed by atoms with Gasteiger partial charge in [-0.25, -0.2) is 0 Å². The first-order valence-electron chi connectivity index (χ1n) is 12.2. The van der Waals surface area contributed by atoms with Crippen molar-refractivity contribution >= 4 is 5.91 Å². The fraction of sp³-hybridized carbons (Fsp3) is 0.276. The minimum Gasteiger partial charge on any atom is -0.484 e. The Bertz CT molecular complexity index is 1250. The SMILES string of the molecule is O=C(COc1ccc(-c2nc(-c3cccc(-c4ccccc4)c3)no2)cc1)NCC1CCCCC1. The molecule has 1 fully saturated rings. The van der Waals surface area contributed by atoms with E-state index in [0.29, 0.717) is 23.4 Å². The molecule has 0 radical (unpaired) electrons. The van der Waals surface area contributed by atoms with Gasteiger partial charge in [-0.3, -0.25) is 4.79 Å². The smallest absolute Gasteiger partial charge is 0.258 e.